The van der Waals surface area contributed by atoms with Crippen LogP contribution in [0.1, 0.15) is 271 Å². The van der Waals surface area contributed by atoms with E-state index in [0.717, 1.165) is 25.8 Å². The molecule has 3 nitrogen and oxygen atoms in total. The summed E-state index contributed by atoms with van der Waals surface area (Å²) in [4.78, 5) is 14.7. The molecule has 0 atom stereocenters. The third-order valence-corrected chi connectivity index (χ3v) is 11.0. The average Bonchev–Trinajstić information content (AvgIpc) is 3.10. The molecule has 0 N–H and O–H groups in total. The molecule has 0 aliphatic heterocycles. The number of rotatable bonds is 43. The zero-order valence-corrected chi connectivity index (χ0v) is 35.3. The summed E-state index contributed by atoms with van der Waals surface area (Å²) in [5.41, 5.74) is 0. The van der Waals surface area contributed by atoms with E-state index in [1.165, 1.54) is 231 Å². The topological polar surface area (TPSA) is 29.5 Å². The first-order valence-electron chi connectivity index (χ1n) is 23.4. The molecule has 0 aromatic carbocycles. The summed E-state index contributed by atoms with van der Waals surface area (Å²) in [6, 6.07) is 0. The van der Waals surface area contributed by atoms with Crippen LogP contribution in [0, 0.1) is 0 Å². The Labute approximate surface area is 317 Å². The van der Waals surface area contributed by atoms with Gasteiger partial charge in [0.1, 0.15) is 6.10 Å². The maximum absolute atomic E-state index is 12.6. The fraction of sp³-hybridized carbons (Fsp3) is 0.979. The van der Waals surface area contributed by atoms with Crippen molar-refractivity contribution in [3.05, 3.63) is 0 Å². The highest BCUT2D eigenvalue weighted by Crippen LogP contribution is 2.20. The normalized spacial score (nSPS) is 11.7. The van der Waals surface area contributed by atoms with Gasteiger partial charge in [0.25, 0.3) is 0 Å². The zero-order chi connectivity index (χ0) is 36.4. The number of hydrogen-bond acceptors (Lipinski definition) is 3. The molecule has 0 fully saturated rings. The Morgan fingerprint density at radius 1 is 0.380 bits per heavy atom. The van der Waals surface area contributed by atoms with Crippen LogP contribution in [0.3, 0.4) is 0 Å². The molecular weight excluding hydrogens is 611 g/mol. The maximum atomic E-state index is 12.6. The molecular formula is C47H95NO2. The molecule has 0 amide bonds. The molecule has 0 rings (SSSR count). The highest BCUT2D eigenvalue weighted by Gasteiger charge is 2.14. The van der Waals surface area contributed by atoms with Gasteiger partial charge in [0.05, 0.1) is 0 Å². The molecule has 3 heteroatoms. The van der Waals surface area contributed by atoms with Crippen molar-refractivity contribution in [1.82, 2.24) is 4.90 Å². The van der Waals surface area contributed by atoms with Crippen molar-refractivity contribution in [3.63, 3.8) is 0 Å². The molecule has 0 aliphatic carbocycles. The maximum Gasteiger partial charge on any atom is 0.306 e. The van der Waals surface area contributed by atoms with Gasteiger partial charge in [-0.3, -0.25) is 4.79 Å². The SMILES string of the molecule is CCCCCCCCCCCCCCCCCCCCC(CCCCCCCCCCCCCCCCCCCC)OC(=O)CCCN(C)C. The lowest BCUT2D eigenvalue weighted by Gasteiger charge is -2.18. The van der Waals surface area contributed by atoms with Crippen molar-refractivity contribution in [3.8, 4) is 0 Å². The predicted molar refractivity (Wildman–Crippen MR) is 224 cm³/mol. The quantitative estimate of drug-likeness (QED) is 0.0467. The lowest BCUT2D eigenvalue weighted by atomic mass is 10.0. The highest BCUT2D eigenvalue weighted by molar-refractivity contribution is 5.69. The van der Waals surface area contributed by atoms with Crippen LogP contribution in [-0.2, 0) is 9.53 Å². The van der Waals surface area contributed by atoms with Crippen LogP contribution >= 0.6 is 0 Å². The number of esters is 1. The smallest absolute Gasteiger partial charge is 0.306 e. The minimum absolute atomic E-state index is 0.0293. The van der Waals surface area contributed by atoms with Crippen molar-refractivity contribution in [2.45, 2.75) is 277 Å². The lowest BCUT2D eigenvalue weighted by molar-refractivity contribution is -0.150. The van der Waals surface area contributed by atoms with Crippen LogP contribution in [0.2, 0.25) is 0 Å². The molecule has 0 saturated carbocycles. The van der Waals surface area contributed by atoms with E-state index in [4.69, 9.17) is 4.74 Å². The number of ether oxygens (including phenoxy) is 1. The molecule has 0 bridgehead atoms. The van der Waals surface area contributed by atoms with Crippen molar-refractivity contribution in [2.75, 3.05) is 20.6 Å². The highest BCUT2D eigenvalue weighted by atomic mass is 16.5. The van der Waals surface area contributed by atoms with Crippen LogP contribution in [0.5, 0.6) is 0 Å². The van der Waals surface area contributed by atoms with Gasteiger partial charge < -0.3 is 9.64 Å². The summed E-state index contributed by atoms with van der Waals surface area (Å²) in [7, 11) is 4.15. The number of unbranched alkanes of at least 4 members (excludes halogenated alkanes) is 34. The van der Waals surface area contributed by atoms with E-state index in [-0.39, 0.29) is 12.1 Å². The molecule has 0 aliphatic rings. The summed E-state index contributed by atoms with van der Waals surface area (Å²) in [5.74, 6) is 0.0293. The van der Waals surface area contributed by atoms with Gasteiger partial charge in [-0.15, -0.1) is 0 Å². The van der Waals surface area contributed by atoms with Crippen molar-refractivity contribution in [1.29, 1.82) is 0 Å². The average molecular weight is 706 g/mol. The monoisotopic (exact) mass is 706 g/mol. The van der Waals surface area contributed by atoms with Crippen LogP contribution in [0.15, 0.2) is 0 Å². The second-order valence-corrected chi connectivity index (χ2v) is 16.6. The van der Waals surface area contributed by atoms with Crippen LogP contribution < -0.4 is 0 Å². The predicted octanol–water partition coefficient (Wildman–Crippen LogP) is 16.1. The largest absolute Gasteiger partial charge is 0.462 e. The molecule has 50 heavy (non-hydrogen) atoms. The molecule has 0 spiro atoms. The van der Waals surface area contributed by atoms with Gasteiger partial charge in [-0.2, -0.15) is 0 Å². The number of hydrogen-bond donors (Lipinski definition) is 0. The third kappa shape index (κ3) is 41.8. The molecule has 0 heterocycles. The summed E-state index contributed by atoms with van der Waals surface area (Å²) in [6.45, 7) is 5.56. The Morgan fingerprint density at radius 2 is 0.620 bits per heavy atom. The summed E-state index contributed by atoms with van der Waals surface area (Å²) in [6.07, 6.45) is 54.5. The molecule has 0 unspecified atom stereocenters. The van der Waals surface area contributed by atoms with Gasteiger partial charge in [0.15, 0.2) is 0 Å². The molecule has 0 aromatic rings. The Balaban J connectivity index is 3.81. The van der Waals surface area contributed by atoms with Gasteiger partial charge in [0.2, 0.25) is 0 Å². The molecule has 0 saturated heterocycles. The standard InChI is InChI=1S/C47H95NO2/c1-5-7-9-11-13-15-17-19-21-23-25-27-29-31-33-35-37-39-42-46(50-47(49)44-41-45-48(3)4)43-40-38-36-34-32-30-28-26-24-22-20-18-16-14-12-10-8-6-2/h46H,5-45H2,1-4H3. The molecule has 0 aromatic heterocycles. The third-order valence-electron chi connectivity index (χ3n) is 11.0. The minimum Gasteiger partial charge on any atom is -0.462 e. The first kappa shape index (κ1) is 49.4. The lowest BCUT2D eigenvalue weighted by Crippen LogP contribution is -2.20. The van der Waals surface area contributed by atoms with Crippen LogP contribution in [0.4, 0.5) is 0 Å². The minimum atomic E-state index is 0.0293. The number of carbonyl (C=O) groups excluding carboxylic acids is 1. The van der Waals surface area contributed by atoms with Crippen molar-refractivity contribution >= 4 is 5.97 Å². The first-order valence-corrected chi connectivity index (χ1v) is 23.4. The molecule has 0 radical (unpaired) electrons. The Bertz CT molecular complexity index is 595. The van der Waals surface area contributed by atoms with E-state index < -0.39 is 0 Å². The van der Waals surface area contributed by atoms with Gasteiger partial charge in [-0.05, 0) is 52.7 Å². The van der Waals surface area contributed by atoms with Gasteiger partial charge in [-0.1, -0.05) is 232 Å². The Kier molecular flexibility index (Phi) is 42.4. The second-order valence-electron chi connectivity index (χ2n) is 16.6. The summed E-state index contributed by atoms with van der Waals surface area (Å²) in [5, 5.41) is 0. The molecule has 300 valence electrons. The summed E-state index contributed by atoms with van der Waals surface area (Å²) >= 11 is 0. The fourth-order valence-corrected chi connectivity index (χ4v) is 7.59. The van der Waals surface area contributed by atoms with Crippen molar-refractivity contribution in [2.24, 2.45) is 0 Å². The van der Waals surface area contributed by atoms with Gasteiger partial charge in [0, 0.05) is 6.42 Å². The van der Waals surface area contributed by atoms with Crippen LogP contribution in [-0.4, -0.2) is 37.6 Å². The van der Waals surface area contributed by atoms with Gasteiger partial charge in [-0.25, -0.2) is 0 Å². The van der Waals surface area contributed by atoms with E-state index in [0.29, 0.717) is 6.42 Å². The van der Waals surface area contributed by atoms with E-state index in [2.05, 4.69) is 32.8 Å². The fourth-order valence-electron chi connectivity index (χ4n) is 7.59. The zero-order valence-electron chi connectivity index (χ0n) is 35.3. The first-order chi connectivity index (χ1) is 24.6. The Hall–Kier alpha value is -0.570. The Morgan fingerprint density at radius 3 is 0.860 bits per heavy atom. The van der Waals surface area contributed by atoms with Crippen molar-refractivity contribution < 1.29 is 9.53 Å². The van der Waals surface area contributed by atoms with E-state index >= 15 is 0 Å². The van der Waals surface area contributed by atoms with E-state index in [1.54, 1.807) is 0 Å². The number of carbonyl (C=O) groups is 1. The number of nitrogens with zero attached hydrogens (tertiary/aromatic N) is 1. The van der Waals surface area contributed by atoms with Crippen LogP contribution in [0.25, 0.3) is 0 Å². The van der Waals surface area contributed by atoms with E-state index in [1.807, 2.05) is 0 Å². The second kappa shape index (κ2) is 42.8. The summed E-state index contributed by atoms with van der Waals surface area (Å²) < 4.78 is 6.04. The van der Waals surface area contributed by atoms with Gasteiger partial charge >= 0.3 is 5.97 Å². The van der Waals surface area contributed by atoms with E-state index in [9.17, 15) is 4.79 Å².